The molecule has 0 aromatic carbocycles. The zero-order valence-corrected chi connectivity index (χ0v) is 12.8. The number of rotatable bonds is 5. The molecule has 1 atom stereocenters. The zero-order chi connectivity index (χ0) is 14.7. The second-order valence-corrected chi connectivity index (χ2v) is 4.25. The molecule has 6 N–H and O–H groups in total. The van der Waals surface area contributed by atoms with Gasteiger partial charge in [-0.25, -0.2) is 9.97 Å². The van der Waals surface area contributed by atoms with Crippen LogP contribution < -0.4 is 21.7 Å². The molecule has 2 heterocycles. The van der Waals surface area contributed by atoms with E-state index in [0.717, 1.165) is 0 Å². The molecule has 0 aliphatic heterocycles. The number of nitrogen functional groups attached to an aromatic ring is 1. The third-order valence-electron chi connectivity index (χ3n) is 2.59. The number of anilines is 4. The summed E-state index contributed by atoms with van der Waals surface area (Å²) in [6.07, 6.45) is -0.501. The number of hydrogen-bond donors (Lipinski definition) is 5. The topological polar surface area (TPSA) is 134 Å². The fourth-order valence-electron chi connectivity index (χ4n) is 1.70. The van der Waals surface area contributed by atoms with Crippen molar-refractivity contribution in [2.24, 2.45) is 0 Å². The van der Waals surface area contributed by atoms with Crippen LogP contribution in [-0.4, -0.2) is 51.8 Å². The van der Waals surface area contributed by atoms with Gasteiger partial charge in [0.1, 0.15) is 11.0 Å². The van der Waals surface area contributed by atoms with Gasteiger partial charge in [-0.3, -0.25) is 0 Å². The number of halogens is 1. The van der Waals surface area contributed by atoms with Gasteiger partial charge in [0.2, 0.25) is 11.9 Å². The smallest absolute Gasteiger partial charge is 0.225 e. The molecule has 0 bridgehead atoms. The van der Waals surface area contributed by atoms with Crippen molar-refractivity contribution in [2.45, 2.75) is 13.0 Å². The maximum atomic E-state index is 9.30. The van der Waals surface area contributed by atoms with Gasteiger partial charge in [-0.15, -0.1) is 12.4 Å². The lowest BCUT2D eigenvalue weighted by molar-refractivity contribution is 0.208. The largest absolute Gasteiger partial charge is 0.392 e. The fourth-order valence-corrected chi connectivity index (χ4v) is 1.70. The van der Waals surface area contributed by atoms with E-state index in [-0.39, 0.29) is 18.4 Å². The van der Waals surface area contributed by atoms with Gasteiger partial charge in [0, 0.05) is 20.6 Å². The van der Waals surface area contributed by atoms with Crippen molar-refractivity contribution in [3.63, 3.8) is 0 Å². The van der Waals surface area contributed by atoms with Crippen molar-refractivity contribution in [2.75, 3.05) is 42.3 Å². The molecule has 0 aliphatic rings. The summed E-state index contributed by atoms with van der Waals surface area (Å²) in [5.74, 6) is 1.58. The monoisotopic (exact) mass is 314 g/mol. The molecule has 0 radical (unpaired) electrons. The molecular weight excluding hydrogens is 296 g/mol. The number of fused-ring (bicyclic) bond motifs is 1. The molecular formula is C11H19ClN8O. The van der Waals surface area contributed by atoms with Gasteiger partial charge in [0.25, 0.3) is 0 Å². The summed E-state index contributed by atoms with van der Waals surface area (Å²) < 4.78 is 0. The molecule has 9 nitrogen and oxygen atoms in total. The van der Waals surface area contributed by atoms with Crippen molar-refractivity contribution in [3.8, 4) is 0 Å². The Hall–Kier alpha value is -2.13. The Bertz CT molecular complexity index is 621. The van der Waals surface area contributed by atoms with Gasteiger partial charge < -0.3 is 26.8 Å². The first kappa shape index (κ1) is 16.9. The van der Waals surface area contributed by atoms with E-state index in [4.69, 9.17) is 5.73 Å². The number of aliphatic hydroxyl groups excluding tert-OH is 1. The van der Waals surface area contributed by atoms with Crippen molar-refractivity contribution in [1.82, 2.24) is 19.9 Å². The van der Waals surface area contributed by atoms with Crippen LogP contribution in [0.4, 0.5) is 23.5 Å². The average molecular weight is 315 g/mol. The SMILES string of the molecule is CNc1nc(NCC(C)O)nc2c(NC)nc(N)nc12.Cl. The highest BCUT2D eigenvalue weighted by Crippen LogP contribution is 2.25. The number of aromatic nitrogens is 4. The van der Waals surface area contributed by atoms with Crippen LogP contribution in [0.1, 0.15) is 6.92 Å². The Morgan fingerprint density at radius 3 is 2.19 bits per heavy atom. The predicted molar refractivity (Wildman–Crippen MR) is 86.1 cm³/mol. The number of nitrogens with one attached hydrogen (secondary N) is 3. The summed E-state index contributed by atoms with van der Waals surface area (Å²) in [6.45, 7) is 2.02. The summed E-state index contributed by atoms with van der Waals surface area (Å²) >= 11 is 0. The Kier molecular flexibility index (Phi) is 5.68. The first-order chi connectivity index (χ1) is 9.55. The average Bonchev–Trinajstić information content (AvgIpc) is 2.43. The first-order valence-electron chi connectivity index (χ1n) is 6.17. The minimum atomic E-state index is -0.501. The van der Waals surface area contributed by atoms with E-state index >= 15 is 0 Å². The third-order valence-corrected chi connectivity index (χ3v) is 2.59. The van der Waals surface area contributed by atoms with Crippen LogP contribution in [-0.2, 0) is 0 Å². The van der Waals surface area contributed by atoms with Gasteiger partial charge >= 0.3 is 0 Å². The summed E-state index contributed by atoms with van der Waals surface area (Å²) in [6, 6.07) is 0. The van der Waals surface area contributed by atoms with Crippen LogP contribution in [0, 0.1) is 0 Å². The minimum absolute atomic E-state index is 0. The zero-order valence-electron chi connectivity index (χ0n) is 12.0. The molecule has 0 spiro atoms. The van der Waals surface area contributed by atoms with Crippen LogP contribution in [0.25, 0.3) is 11.0 Å². The molecule has 2 aromatic heterocycles. The van der Waals surface area contributed by atoms with Crippen molar-refractivity contribution < 1.29 is 5.11 Å². The quantitative estimate of drug-likeness (QED) is 0.528. The maximum absolute atomic E-state index is 9.30. The highest BCUT2D eigenvalue weighted by atomic mass is 35.5. The standard InChI is InChI=1S/C11H18N8O.ClH/c1-5(20)4-15-11-17-7-6(9(14-3)19-11)16-10(12)18-8(7)13-2;/h5,20H,4H2,1-3H3,(H3,12,13,16,18)(H2,14,15,17,19);1H. The molecule has 0 amide bonds. The second-order valence-electron chi connectivity index (χ2n) is 4.25. The Labute approximate surface area is 128 Å². The Morgan fingerprint density at radius 1 is 1.05 bits per heavy atom. The van der Waals surface area contributed by atoms with Crippen LogP contribution in [0.2, 0.25) is 0 Å². The fraction of sp³-hybridized carbons (Fsp3) is 0.455. The summed E-state index contributed by atoms with van der Waals surface area (Å²) in [5, 5.41) is 18.1. The lowest BCUT2D eigenvalue weighted by atomic mass is 10.3. The lowest BCUT2D eigenvalue weighted by Gasteiger charge is -2.12. The lowest BCUT2D eigenvalue weighted by Crippen LogP contribution is -2.17. The van der Waals surface area contributed by atoms with Crippen LogP contribution in [0.15, 0.2) is 0 Å². The number of nitrogens with zero attached hydrogens (tertiary/aromatic N) is 4. The normalized spacial score (nSPS) is 11.6. The van der Waals surface area contributed by atoms with Gasteiger partial charge in [-0.1, -0.05) is 0 Å². The van der Waals surface area contributed by atoms with E-state index in [9.17, 15) is 5.11 Å². The molecule has 0 saturated heterocycles. The Balaban J connectivity index is 0.00000220. The maximum Gasteiger partial charge on any atom is 0.225 e. The Morgan fingerprint density at radius 2 is 1.62 bits per heavy atom. The second kappa shape index (κ2) is 7.04. The van der Waals surface area contributed by atoms with Crippen LogP contribution >= 0.6 is 12.4 Å². The molecule has 0 aliphatic carbocycles. The summed E-state index contributed by atoms with van der Waals surface area (Å²) in [7, 11) is 3.46. The number of hydrogen-bond acceptors (Lipinski definition) is 9. The van der Waals surface area contributed by atoms with E-state index in [2.05, 4.69) is 35.9 Å². The molecule has 0 fully saturated rings. The summed E-state index contributed by atoms with van der Waals surface area (Å²) in [4.78, 5) is 16.9. The van der Waals surface area contributed by atoms with Gasteiger partial charge in [0.05, 0.1) is 6.10 Å². The van der Waals surface area contributed by atoms with E-state index in [1.807, 2.05) is 0 Å². The molecule has 1 unspecified atom stereocenters. The van der Waals surface area contributed by atoms with Crippen molar-refractivity contribution in [3.05, 3.63) is 0 Å². The van der Waals surface area contributed by atoms with Crippen LogP contribution in [0.3, 0.4) is 0 Å². The highest BCUT2D eigenvalue weighted by Gasteiger charge is 2.13. The third kappa shape index (κ3) is 3.70. The number of aliphatic hydroxyl groups is 1. The predicted octanol–water partition coefficient (Wildman–Crippen LogP) is 0.300. The van der Waals surface area contributed by atoms with Gasteiger partial charge in [-0.05, 0) is 6.92 Å². The molecule has 116 valence electrons. The van der Waals surface area contributed by atoms with E-state index < -0.39 is 6.10 Å². The molecule has 10 heteroatoms. The van der Waals surface area contributed by atoms with Gasteiger partial charge in [-0.2, -0.15) is 9.97 Å². The number of nitrogens with two attached hydrogens (primary N) is 1. The molecule has 2 rings (SSSR count). The minimum Gasteiger partial charge on any atom is -0.392 e. The highest BCUT2D eigenvalue weighted by molar-refractivity contribution is 5.94. The molecule has 0 saturated carbocycles. The first-order valence-corrected chi connectivity index (χ1v) is 6.17. The summed E-state index contributed by atoms with van der Waals surface area (Å²) in [5.41, 5.74) is 6.75. The van der Waals surface area contributed by atoms with E-state index in [1.54, 1.807) is 21.0 Å². The van der Waals surface area contributed by atoms with Crippen LogP contribution in [0.5, 0.6) is 0 Å². The van der Waals surface area contributed by atoms with Crippen molar-refractivity contribution in [1.29, 1.82) is 0 Å². The van der Waals surface area contributed by atoms with E-state index in [0.29, 0.717) is 35.2 Å². The van der Waals surface area contributed by atoms with E-state index in [1.165, 1.54) is 0 Å². The van der Waals surface area contributed by atoms with Gasteiger partial charge in [0.15, 0.2) is 11.6 Å². The van der Waals surface area contributed by atoms with Crippen molar-refractivity contribution >= 4 is 47.0 Å². The molecule has 21 heavy (non-hydrogen) atoms. The molecule has 2 aromatic rings.